The van der Waals surface area contributed by atoms with Crippen LogP contribution < -0.4 is 4.74 Å². The van der Waals surface area contributed by atoms with Crippen molar-refractivity contribution in [3.63, 3.8) is 0 Å². The molecule has 6 nitrogen and oxygen atoms in total. The Kier molecular flexibility index (Phi) is 5.72. The summed E-state index contributed by atoms with van der Waals surface area (Å²) in [7, 11) is 0. The van der Waals surface area contributed by atoms with Crippen molar-refractivity contribution in [3.05, 3.63) is 29.6 Å². The number of aryl methyl sites for hydroxylation is 1. The van der Waals surface area contributed by atoms with Gasteiger partial charge in [-0.3, -0.25) is 4.79 Å². The van der Waals surface area contributed by atoms with E-state index in [4.69, 9.17) is 9.47 Å². The second kappa shape index (κ2) is 8.38. The van der Waals surface area contributed by atoms with Crippen LogP contribution >= 0.6 is 0 Å². The van der Waals surface area contributed by atoms with Gasteiger partial charge in [0.25, 0.3) is 0 Å². The molecule has 0 N–H and O–H groups in total. The number of amides is 1. The lowest BCUT2D eigenvalue weighted by atomic mass is 9.91. The summed E-state index contributed by atoms with van der Waals surface area (Å²) in [5, 5.41) is 0. The third-order valence-electron chi connectivity index (χ3n) is 6.05. The van der Waals surface area contributed by atoms with E-state index in [1.54, 1.807) is 6.20 Å². The Hall–Kier alpha value is -1.95. The molecule has 6 heteroatoms. The number of aromatic nitrogens is 2. The molecule has 2 saturated heterocycles. The van der Waals surface area contributed by atoms with Crippen LogP contribution in [0.5, 0.6) is 6.01 Å². The number of fused-ring (bicyclic) bond motifs is 1. The largest absolute Gasteiger partial charge is 0.463 e. The Balaban J connectivity index is 1.25. The summed E-state index contributed by atoms with van der Waals surface area (Å²) in [5.74, 6) is 1.13. The average Bonchev–Trinajstić information content (AvgIpc) is 3.24. The van der Waals surface area contributed by atoms with Crippen molar-refractivity contribution >= 4 is 5.91 Å². The van der Waals surface area contributed by atoms with E-state index in [9.17, 15) is 4.79 Å². The molecule has 3 aliphatic rings. The smallest absolute Gasteiger partial charge is 0.316 e. The SMILES string of the molecule is Cc1ccnc(OCC[C@@H]2CO[C@@H]3CN(C(=O)CC4=CCCCC4)C[C@H]23)n1. The van der Waals surface area contributed by atoms with Crippen LogP contribution in [-0.2, 0) is 9.53 Å². The minimum atomic E-state index is 0.189. The van der Waals surface area contributed by atoms with E-state index >= 15 is 0 Å². The summed E-state index contributed by atoms with van der Waals surface area (Å²) in [6.07, 6.45) is 10.4. The second-order valence-electron chi connectivity index (χ2n) is 8.00. The van der Waals surface area contributed by atoms with Crippen LogP contribution in [0.4, 0.5) is 0 Å². The molecule has 2 aliphatic heterocycles. The molecule has 1 aromatic rings. The average molecular weight is 371 g/mol. The van der Waals surface area contributed by atoms with Crippen molar-refractivity contribution in [3.8, 4) is 6.01 Å². The molecular weight excluding hydrogens is 342 g/mol. The molecule has 3 atom stereocenters. The summed E-state index contributed by atoms with van der Waals surface area (Å²) in [4.78, 5) is 23.1. The van der Waals surface area contributed by atoms with E-state index in [-0.39, 0.29) is 12.0 Å². The van der Waals surface area contributed by atoms with Crippen molar-refractivity contribution in [2.24, 2.45) is 11.8 Å². The maximum absolute atomic E-state index is 12.7. The van der Waals surface area contributed by atoms with Crippen LogP contribution in [0.25, 0.3) is 0 Å². The third kappa shape index (κ3) is 4.49. The quantitative estimate of drug-likeness (QED) is 0.720. The van der Waals surface area contributed by atoms with Crippen LogP contribution in [0, 0.1) is 18.8 Å². The van der Waals surface area contributed by atoms with Crippen molar-refractivity contribution in [1.29, 1.82) is 0 Å². The van der Waals surface area contributed by atoms with Gasteiger partial charge in [-0.1, -0.05) is 11.6 Å². The fourth-order valence-corrected chi connectivity index (χ4v) is 4.47. The van der Waals surface area contributed by atoms with Crippen molar-refractivity contribution in [2.45, 2.75) is 51.6 Å². The molecule has 1 amide bonds. The first-order valence-electron chi connectivity index (χ1n) is 10.2. The minimum absolute atomic E-state index is 0.189. The first-order chi connectivity index (χ1) is 13.2. The predicted octanol–water partition coefficient (Wildman–Crippen LogP) is 2.92. The van der Waals surface area contributed by atoms with Crippen molar-refractivity contribution in [1.82, 2.24) is 14.9 Å². The highest BCUT2D eigenvalue weighted by molar-refractivity contribution is 5.79. The van der Waals surface area contributed by atoms with Gasteiger partial charge in [0.15, 0.2) is 0 Å². The minimum Gasteiger partial charge on any atom is -0.463 e. The normalized spacial score (nSPS) is 27.4. The lowest BCUT2D eigenvalue weighted by Crippen LogP contribution is -2.31. The molecule has 3 heterocycles. The maximum atomic E-state index is 12.7. The number of rotatable bonds is 6. The van der Waals surface area contributed by atoms with Gasteiger partial charge in [-0.05, 0) is 51.0 Å². The Morgan fingerprint density at radius 2 is 2.30 bits per heavy atom. The predicted molar refractivity (Wildman–Crippen MR) is 101 cm³/mol. The van der Waals surface area contributed by atoms with Gasteiger partial charge in [-0.2, -0.15) is 0 Å². The fourth-order valence-electron chi connectivity index (χ4n) is 4.47. The molecule has 0 spiro atoms. The Bertz CT molecular complexity index is 706. The van der Waals surface area contributed by atoms with Gasteiger partial charge in [0.1, 0.15) is 0 Å². The first-order valence-corrected chi connectivity index (χ1v) is 10.2. The van der Waals surface area contributed by atoms with Crippen molar-refractivity contribution < 1.29 is 14.3 Å². The third-order valence-corrected chi connectivity index (χ3v) is 6.05. The topological polar surface area (TPSA) is 64.6 Å². The Morgan fingerprint density at radius 3 is 3.11 bits per heavy atom. The van der Waals surface area contributed by atoms with E-state index < -0.39 is 0 Å². The van der Waals surface area contributed by atoms with E-state index in [0.717, 1.165) is 44.7 Å². The Labute approximate surface area is 161 Å². The summed E-state index contributed by atoms with van der Waals surface area (Å²) in [6, 6.07) is 2.30. The van der Waals surface area contributed by atoms with Gasteiger partial charge in [0.05, 0.1) is 19.3 Å². The van der Waals surface area contributed by atoms with E-state index in [1.807, 2.05) is 17.9 Å². The van der Waals surface area contributed by atoms with Gasteiger partial charge in [-0.15, -0.1) is 0 Å². The van der Waals surface area contributed by atoms with Gasteiger partial charge >= 0.3 is 6.01 Å². The van der Waals surface area contributed by atoms with Crippen LogP contribution in [0.15, 0.2) is 23.9 Å². The molecule has 0 bridgehead atoms. The number of carbonyl (C=O) groups is 1. The molecule has 0 aromatic carbocycles. The number of nitrogens with zero attached hydrogens (tertiary/aromatic N) is 3. The molecule has 2 fully saturated rings. The highest BCUT2D eigenvalue weighted by atomic mass is 16.5. The van der Waals surface area contributed by atoms with E-state index in [2.05, 4.69) is 16.0 Å². The zero-order valence-electron chi connectivity index (χ0n) is 16.1. The van der Waals surface area contributed by atoms with Crippen LogP contribution in [0.1, 0.15) is 44.2 Å². The molecule has 1 aliphatic carbocycles. The summed E-state index contributed by atoms with van der Waals surface area (Å²) < 4.78 is 11.7. The number of ether oxygens (including phenoxy) is 2. The fraction of sp³-hybridized carbons (Fsp3) is 0.667. The number of likely N-dealkylation sites (tertiary alicyclic amines) is 1. The number of hydrogen-bond donors (Lipinski definition) is 0. The molecule has 27 heavy (non-hydrogen) atoms. The summed E-state index contributed by atoms with van der Waals surface area (Å²) in [5.41, 5.74) is 2.23. The van der Waals surface area contributed by atoms with Crippen LogP contribution in [-0.4, -0.2) is 53.2 Å². The molecular formula is C21H29N3O3. The standard InChI is InChI=1S/C21H29N3O3/c1-15-7-9-22-21(23-15)26-10-8-17-14-27-19-13-24(12-18(17)19)20(25)11-16-5-3-2-4-6-16/h5,7,9,17-19H,2-4,6,8,10-14H2,1H3/t17-,18-,19-/m1/s1. The molecule has 0 unspecified atom stereocenters. The zero-order valence-corrected chi connectivity index (χ0v) is 16.1. The first kappa shape index (κ1) is 18.4. The van der Waals surface area contributed by atoms with Gasteiger partial charge in [-0.25, -0.2) is 9.97 Å². The number of hydrogen-bond acceptors (Lipinski definition) is 5. The lowest BCUT2D eigenvalue weighted by molar-refractivity contribution is -0.130. The van der Waals surface area contributed by atoms with Crippen molar-refractivity contribution in [2.75, 3.05) is 26.3 Å². The number of allylic oxidation sites excluding steroid dienone is 1. The van der Waals surface area contributed by atoms with E-state index in [1.165, 1.54) is 18.4 Å². The van der Waals surface area contributed by atoms with Gasteiger partial charge in [0, 0.05) is 37.3 Å². The van der Waals surface area contributed by atoms with Crippen LogP contribution in [0.2, 0.25) is 0 Å². The summed E-state index contributed by atoms with van der Waals surface area (Å²) in [6.45, 7) is 4.84. The van der Waals surface area contributed by atoms with Gasteiger partial charge in [0.2, 0.25) is 5.91 Å². The highest BCUT2D eigenvalue weighted by Crippen LogP contribution is 2.36. The summed E-state index contributed by atoms with van der Waals surface area (Å²) >= 11 is 0. The highest BCUT2D eigenvalue weighted by Gasteiger charge is 2.44. The second-order valence-corrected chi connectivity index (χ2v) is 8.00. The monoisotopic (exact) mass is 371 g/mol. The molecule has 146 valence electrons. The lowest BCUT2D eigenvalue weighted by Gasteiger charge is -2.21. The maximum Gasteiger partial charge on any atom is 0.316 e. The van der Waals surface area contributed by atoms with E-state index in [0.29, 0.717) is 30.9 Å². The van der Waals surface area contributed by atoms with Crippen LogP contribution in [0.3, 0.4) is 0 Å². The molecule has 0 saturated carbocycles. The molecule has 1 aromatic heterocycles. The molecule has 0 radical (unpaired) electrons. The number of carbonyl (C=O) groups excluding carboxylic acids is 1. The van der Waals surface area contributed by atoms with Gasteiger partial charge < -0.3 is 14.4 Å². The zero-order chi connectivity index (χ0) is 18.6. The Morgan fingerprint density at radius 1 is 1.37 bits per heavy atom. The molecule has 4 rings (SSSR count).